The number of halogens is 3. The van der Waals surface area contributed by atoms with Gasteiger partial charge in [-0.1, -0.05) is 58.2 Å². The molecule has 20 heavy (non-hydrogen) atoms. The molecule has 0 amide bonds. The average molecular weight is 373 g/mol. The number of nitrogens with one attached hydrogen (secondary N) is 1. The molecule has 2 rings (SSSR count). The van der Waals surface area contributed by atoms with E-state index in [4.69, 9.17) is 23.2 Å². The summed E-state index contributed by atoms with van der Waals surface area (Å²) in [6.07, 6.45) is 1.01. The first-order valence-corrected chi connectivity index (χ1v) is 8.08. The summed E-state index contributed by atoms with van der Waals surface area (Å²) in [6.45, 7) is 2.90. The van der Waals surface area contributed by atoms with Crippen LogP contribution in [0, 0.1) is 0 Å². The van der Waals surface area contributed by atoms with Gasteiger partial charge < -0.3 is 5.32 Å². The molecule has 2 aromatic carbocycles. The van der Waals surface area contributed by atoms with Crippen molar-refractivity contribution in [3.8, 4) is 0 Å². The Hall–Kier alpha value is -0.540. The highest BCUT2D eigenvalue weighted by atomic mass is 79.9. The fourth-order valence-electron chi connectivity index (χ4n) is 2.10. The predicted molar refractivity (Wildman–Crippen MR) is 90.5 cm³/mol. The lowest BCUT2D eigenvalue weighted by atomic mass is 10.0. The maximum atomic E-state index is 6.21. The van der Waals surface area contributed by atoms with Gasteiger partial charge in [0, 0.05) is 27.1 Å². The third kappa shape index (κ3) is 4.23. The van der Waals surface area contributed by atoms with E-state index in [1.165, 1.54) is 5.56 Å². The Labute approximate surface area is 138 Å². The zero-order valence-corrected chi connectivity index (χ0v) is 14.3. The normalized spacial score (nSPS) is 12.4. The van der Waals surface area contributed by atoms with Crippen LogP contribution in [0.5, 0.6) is 0 Å². The molecule has 0 aliphatic rings. The van der Waals surface area contributed by atoms with Crippen molar-refractivity contribution in [2.45, 2.75) is 25.9 Å². The largest absolute Gasteiger partial charge is 0.306 e. The molecule has 0 aliphatic heterocycles. The Morgan fingerprint density at radius 1 is 1.10 bits per heavy atom. The van der Waals surface area contributed by atoms with Crippen molar-refractivity contribution in [1.29, 1.82) is 0 Å². The number of rotatable bonds is 5. The van der Waals surface area contributed by atoms with E-state index in [1.54, 1.807) is 0 Å². The first kappa shape index (κ1) is 15.8. The van der Waals surface area contributed by atoms with Gasteiger partial charge in [-0.05, 0) is 47.9 Å². The second kappa shape index (κ2) is 7.46. The lowest BCUT2D eigenvalue weighted by molar-refractivity contribution is 0.519. The Balaban J connectivity index is 2.07. The zero-order chi connectivity index (χ0) is 14.5. The lowest BCUT2D eigenvalue weighted by Gasteiger charge is -2.18. The summed E-state index contributed by atoms with van der Waals surface area (Å²) in [4.78, 5) is 0. The fourth-order valence-corrected chi connectivity index (χ4v) is 2.82. The molecule has 1 nitrogen and oxygen atoms in total. The van der Waals surface area contributed by atoms with Gasteiger partial charge in [0.1, 0.15) is 0 Å². The zero-order valence-electron chi connectivity index (χ0n) is 11.2. The average Bonchev–Trinajstić information content (AvgIpc) is 2.45. The van der Waals surface area contributed by atoms with Gasteiger partial charge in [0.2, 0.25) is 0 Å². The van der Waals surface area contributed by atoms with Gasteiger partial charge in [-0.25, -0.2) is 0 Å². The smallest absolute Gasteiger partial charge is 0.0451 e. The minimum absolute atomic E-state index is 0.294. The molecule has 0 fully saturated rings. The summed E-state index contributed by atoms with van der Waals surface area (Å²) in [6, 6.07) is 14.2. The van der Waals surface area contributed by atoms with Crippen LogP contribution in [0.15, 0.2) is 46.9 Å². The van der Waals surface area contributed by atoms with E-state index < -0.39 is 0 Å². The monoisotopic (exact) mass is 371 g/mol. The molecule has 0 heterocycles. The highest BCUT2D eigenvalue weighted by molar-refractivity contribution is 9.10. The molecule has 2 aromatic rings. The highest BCUT2D eigenvalue weighted by Crippen LogP contribution is 2.23. The molecule has 0 radical (unpaired) electrons. The summed E-state index contributed by atoms with van der Waals surface area (Å²) in [5.41, 5.74) is 2.33. The van der Waals surface area contributed by atoms with Crippen LogP contribution in [0.2, 0.25) is 10.0 Å². The van der Waals surface area contributed by atoms with E-state index in [1.807, 2.05) is 30.3 Å². The summed E-state index contributed by atoms with van der Waals surface area (Å²) in [7, 11) is 0. The lowest BCUT2D eigenvalue weighted by Crippen LogP contribution is -2.20. The molecule has 4 heteroatoms. The number of hydrogen-bond donors (Lipinski definition) is 1. The number of benzene rings is 2. The van der Waals surface area contributed by atoms with Gasteiger partial charge in [0.15, 0.2) is 0 Å². The highest BCUT2D eigenvalue weighted by Gasteiger charge is 2.10. The van der Waals surface area contributed by atoms with E-state index in [-0.39, 0.29) is 0 Å². The van der Waals surface area contributed by atoms with Crippen LogP contribution >= 0.6 is 39.1 Å². The molecule has 1 unspecified atom stereocenters. The first-order valence-electron chi connectivity index (χ1n) is 6.53. The van der Waals surface area contributed by atoms with Crippen LogP contribution in [0.1, 0.15) is 30.5 Å². The minimum Gasteiger partial charge on any atom is -0.306 e. The Bertz CT molecular complexity index is 569. The van der Waals surface area contributed by atoms with E-state index >= 15 is 0 Å². The second-order valence-electron chi connectivity index (χ2n) is 4.63. The van der Waals surface area contributed by atoms with Gasteiger partial charge in [-0.15, -0.1) is 0 Å². The SMILES string of the molecule is CCC(NCc1cc(Br)ccc1Cl)c1ccc(Cl)cc1. The molecule has 0 aliphatic carbocycles. The molecule has 0 bridgehead atoms. The Kier molecular flexibility index (Phi) is 5.91. The van der Waals surface area contributed by atoms with Crippen LogP contribution in [0.3, 0.4) is 0 Å². The van der Waals surface area contributed by atoms with Crippen molar-refractivity contribution in [3.63, 3.8) is 0 Å². The molecule has 0 aromatic heterocycles. The molecule has 1 N–H and O–H groups in total. The molecular formula is C16H16BrCl2N. The van der Waals surface area contributed by atoms with Crippen molar-refractivity contribution in [3.05, 3.63) is 68.1 Å². The molecule has 0 saturated carbocycles. The van der Waals surface area contributed by atoms with Gasteiger partial charge >= 0.3 is 0 Å². The molecule has 106 valence electrons. The molecule has 0 spiro atoms. The van der Waals surface area contributed by atoms with Crippen LogP contribution in [0.4, 0.5) is 0 Å². The number of hydrogen-bond acceptors (Lipinski definition) is 1. The molecule has 0 saturated heterocycles. The fraction of sp³-hybridized carbons (Fsp3) is 0.250. The minimum atomic E-state index is 0.294. The van der Waals surface area contributed by atoms with Gasteiger partial charge in [-0.3, -0.25) is 0 Å². The predicted octanol–water partition coefficient (Wildman–Crippen LogP) is 6.00. The van der Waals surface area contributed by atoms with Crippen molar-refractivity contribution in [2.75, 3.05) is 0 Å². The maximum Gasteiger partial charge on any atom is 0.0451 e. The van der Waals surface area contributed by atoms with Gasteiger partial charge in [-0.2, -0.15) is 0 Å². The van der Waals surface area contributed by atoms with E-state index in [0.717, 1.165) is 33.0 Å². The summed E-state index contributed by atoms with van der Waals surface area (Å²) >= 11 is 15.6. The van der Waals surface area contributed by atoms with Crippen molar-refractivity contribution < 1.29 is 0 Å². The van der Waals surface area contributed by atoms with Gasteiger partial charge in [0.25, 0.3) is 0 Å². The van der Waals surface area contributed by atoms with Crippen molar-refractivity contribution >= 4 is 39.1 Å². The van der Waals surface area contributed by atoms with E-state index in [9.17, 15) is 0 Å². The molecular weight excluding hydrogens is 357 g/mol. The quantitative estimate of drug-likeness (QED) is 0.678. The summed E-state index contributed by atoms with van der Waals surface area (Å²) in [5, 5.41) is 5.09. The van der Waals surface area contributed by atoms with Crippen LogP contribution in [0.25, 0.3) is 0 Å². The topological polar surface area (TPSA) is 12.0 Å². The first-order chi connectivity index (χ1) is 9.60. The van der Waals surface area contributed by atoms with E-state index in [2.05, 4.69) is 40.3 Å². The summed E-state index contributed by atoms with van der Waals surface area (Å²) < 4.78 is 1.04. The second-order valence-corrected chi connectivity index (χ2v) is 6.39. The van der Waals surface area contributed by atoms with Crippen LogP contribution < -0.4 is 5.32 Å². The van der Waals surface area contributed by atoms with Crippen molar-refractivity contribution in [1.82, 2.24) is 5.32 Å². The van der Waals surface area contributed by atoms with E-state index in [0.29, 0.717) is 6.04 Å². The third-order valence-corrected chi connectivity index (χ3v) is 4.34. The van der Waals surface area contributed by atoms with Crippen molar-refractivity contribution in [2.24, 2.45) is 0 Å². The molecule has 1 atom stereocenters. The third-order valence-electron chi connectivity index (χ3n) is 3.23. The Morgan fingerprint density at radius 2 is 1.80 bits per heavy atom. The maximum absolute atomic E-state index is 6.21. The standard InChI is InChI=1S/C16H16BrCl2N/c1-2-16(11-3-6-14(18)7-4-11)20-10-12-9-13(17)5-8-15(12)19/h3-9,16,20H,2,10H2,1H3. The summed E-state index contributed by atoms with van der Waals surface area (Å²) in [5.74, 6) is 0. The van der Waals surface area contributed by atoms with Crippen LogP contribution in [-0.4, -0.2) is 0 Å². The van der Waals surface area contributed by atoms with Crippen LogP contribution in [-0.2, 0) is 6.54 Å². The van der Waals surface area contributed by atoms with Gasteiger partial charge in [0.05, 0.1) is 0 Å². The Morgan fingerprint density at radius 3 is 2.45 bits per heavy atom.